The van der Waals surface area contributed by atoms with Gasteiger partial charge in [-0.25, -0.2) is 19.7 Å². The van der Waals surface area contributed by atoms with Gasteiger partial charge in [-0.1, -0.05) is 42.3 Å². The number of terminal acetylenes is 1. The number of aromatic nitrogens is 4. The molecular weight excluding hydrogens is 613 g/mol. The summed E-state index contributed by atoms with van der Waals surface area (Å²) in [6.45, 7) is 6.61. The Bertz CT molecular complexity index is 1760. The Balaban J connectivity index is 1.50. The van der Waals surface area contributed by atoms with E-state index in [4.69, 9.17) is 29.7 Å². The number of anilines is 1. The highest BCUT2D eigenvalue weighted by Gasteiger charge is 2.55. The van der Waals surface area contributed by atoms with Crippen molar-refractivity contribution in [3.8, 4) is 12.3 Å². The second-order valence-corrected chi connectivity index (χ2v) is 12.9. The fourth-order valence-electron chi connectivity index (χ4n) is 4.86. The van der Waals surface area contributed by atoms with Gasteiger partial charge >= 0.3 is 13.6 Å². The number of hydrogen-bond donors (Lipinski definition) is 1. The lowest BCUT2D eigenvalue weighted by Gasteiger charge is -2.32. The molecule has 1 N–H and O–H groups in total. The Kier molecular flexibility index (Phi) is 9.96. The second-order valence-electron chi connectivity index (χ2n) is 11.0. The normalized spacial score (nSPS) is 19.8. The van der Waals surface area contributed by atoms with Gasteiger partial charge in [0.25, 0.3) is 5.91 Å². The van der Waals surface area contributed by atoms with Gasteiger partial charge in [0.2, 0.25) is 0 Å². The Labute approximate surface area is 266 Å². The highest BCUT2D eigenvalue weighted by Crippen LogP contribution is 2.52. The van der Waals surface area contributed by atoms with E-state index in [1.807, 2.05) is 0 Å². The SMILES string of the molecule is C#C[C@]1(OCP(=O)(OC(C)C)OC(C)C)CO[C@@H](n2cnc3c(NC(=O)c4ccccc4)ncnc32)[C@@H]1OC(=O)c1ccccc1. The van der Waals surface area contributed by atoms with Crippen molar-refractivity contribution in [2.75, 3.05) is 18.3 Å². The first-order valence-electron chi connectivity index (χ1n) is 14.5. The average Bonchev–Trinajstić information content (AvgIpc) is 3.62. The summed E-state index contributed by atoms with van der Waals surface area (Å²) in [7, 11) is -3.82. The van der Waals surface area contributed by atoms with E-state index in [0.29, 0.717) is 5.56 Å². The summed E-state index contributed by atoms with van der Waals surface area (Å²) in [5.74, 6) is 1.65. The third kappa shape index (κ3) is 7.17. The smallest absolute Gasteiger partial charge is 0.356 e. The number of carbonyl (C=O) groups excluding carboxylic acids is 2. The lowest BCUT2D eigenvalue weighted by atomic mass is 9.99. The van der Waals surface area contributed by atoms with Crippen LogP contribution in [-0.4, -0.2) is 68.3 Å². The highest BCUT2D eigenvalue weighted by molar-refractivity contribution is 7.53. The van der Waals surface area contributed by atoms with Gasteiger partial charge in [-0.05, 0) is 52.0 Å². The van der Waals surface area contributed by atoms with E-state index < -0.39 is 56.0 Å². The van der Waals surface area contributed by atoms with Crippen molar-refractivity contribution >= 4 is 36.5 Å². The van der Waals surface area contributed by atoms with Crippen LogP contribution >= 0.6 is 7.60 Å². The molecule has 1 aliphatic heterocycles. The molecule has 13 nitrogen and oxygen atoms in total. The van der Waals surface area contributed by atoms with Gasteiger partial charge in [-0.2, -0.15) is 0 Å². The minimum atomic E-state index is -3.82. The van der Waals surface area contributed by atoms with Crippen molar-refractivity contribution in [1.82, 2.24) is 19.5 Å². The molecule has 240 valence electrons. The molecule has 2 aromatic heterocycles. The monoisotopic (exact) mass is 647 g/mol. The van der Waals surface area contributed by atoms with Crippen LogP contribution in [-0.2, 0) is 27.8 Å². The predicted octanol–water partition coefficient (Wildman–Crippen LogP) is 5.22. The summed E-state index contributed by atoms with van der Waals surface area (Å²) < 4.78 is 44.7. The molecule has 0 aliphatic carbocycles. The number of imidazole rings is 1. The minimum absolute atomic E-state index is 0.158. The fraction of sp³-hybridized carbons (Fsp3) is 0.344. The number of nitrogens with one attached hydrogen (secondary N) is 1. The van der Waals surface area contributed by atoms with E-state index in [0.717, 1.165) is 0 Å². The van der Waals surface area contributed by atoms with Gasteiger partial charge < -0.3 is 28.6 Å². The summed E-state index contributed by atoms with van der Waals surface area (Å²) in [4.78, 5) is 39.3. The largest absolute Gasteiger partial charge is 0.450 e. The number of ether oxygens (including phenoxy) is 3. The molecular formula is C32H34N5O8P. The number of amides is 1. The van der Waals surface area contributed by atoms with E-state index in [2.05, 4.69) is 26.2 Å². The van der Waals surface area contributed by atoms with Crippen LogP contribution in [0.3, 0.4) is 0 Å². The number of fused-ring (bicyclic) bond motifs is 1. The number of esters is 1. The lowest BCUT2D eigenvalue weighted by molar-refractivity contribution is -0.0759. The molecule has 0 unspecified atom stereocenters. The van der Waals surface area contributed by atoms with Crippen LogP contribution in [0.25, 0.3) is 11.2 Å². The maximum atomic E-state index is 13.7. The van der Waals surface area contributed by atoms with Crippen molar-refractivity contribution in [2.24, 2.45) is 0 Å². The van der Waals surface area contributed by atoms with Crippen LogP contribution in [0.2, 0.25) is 0 Å². The molecule has 3 atom stereocenters. The first-order chi connectivity index (χ1) is 22.0. The summed E-state index contributed by atoms with van der Waals surface area (Å²) in [5, 5.41) is 2.76. The molecule has 5 rings (SSSR count). The molecule has 0 saturated carbocycles. The van der Waals surface area contributed by atoms with Crippen LogP contribution in [0.4, 0.5) is 5.82 Å². The zero-order chi connectivity index (χ0) is 32.9. The van der Waals surface area contributed by atoms with Gasteiger partial charge in [0, 0.05) is 5.56 Å². The summed E-state index contributed by atoms with van der Waals surface area (Å²) >= 11 is 0. The summed E-state index contributed by atoms with van der Waals surface area (Å²) in [6, 6.07) is 17.0. The fourth-order valence-corrected chi connectivity index (χ4v) is 6.70. The lowest BCUT2D eigenvalue weighted by Crippen LogP contribution is -2.47. The maximum Gasteiger partial charge on any atom is 0.356 e. The zero-order valence-electron chi connectivity index (χ0n) is 25.7. The van der Waals surface area contributed by atoms with Crippen LogP contribution < -0.4 is 5.32 Å². The van der Waals surface area contributed by atoms with Crippen LogP contribution in [0, 0.1) is 12.3 Å². The van der Waals surface area contributed by atoms with Crippen LogP contribution in [0.5, 0.6) is 0 Å². The predicted molar refractivity (Wildman–Crippen MR) is 168 cm³/mol. The molecule has 0 radical (unpaired) electrons. The molecule has 1 saturated heterocycles. The summed E-state index contributed by atoms with van der Waals surface area (Å²) in [6.07, 6.45) is 4.92. The van der Waals surface area contributed by atoms with E-state index >= 15 is 0 Å². The Morgan fingerprint density at radius 2 is 1.65 bits per heavy atom. The standard InChI is InChI=1S/C32H34N5O8P/c1-6-32(42-20-46(40,44-21(2)3)45-22(4)5)17-41-30(26(32)43-31(39)24-15-11-8-12-16-24)37-19-35-25-27(33-18-34-28(25)37)36-29(38)23-13-9-7-10-14-23/h1,7-16,18-19,21-22,26,30H,17,20H2,2-5H3,(H,33,34,36,38)/t26-,30+,32-/m0/s1. The molecule has 2 aromatic carbocycles. The zero-order valence-corrected chi connectivity index (χ0v) is 26.6. The number of nitrogens with zero attached hydrogens (tertiary/aromatic N) is 4. The number of hydrogen-bond acceptors (Lipinski definition) is 11. The molecule has 3 heterocycles. The second kappa shape index (κ2) is 13.9. The quantitative estimate of drug-likeness (QED) is 0.122. The van der Waals surface area contributed by atoms with E-state index in [1.165, 1.54) is 17.2 Å². The van der Waals surface area contributed by atoms with Crippen molar-refractivity contribution in [3.05, 3.63) is 84.4 Å². The third-order valence-corrected chi connectivity index (χ3v) is 8.73. The van der Waals surface area contributed by atoms with Crippen molar-refractivity contribution < 1.29 is 37.4 Å². The molecule has 0 bridgehead atoms. The van der Waals surface area contributed by atoms with Crippen LogP contribution in [0.15, 0.2) is 73.3 Å². The van der Waals surface area contributed by atoms with Gasteiger partial charge in [0.1, 0.15) is 6.33 Å². The number of benzene rings is 2. The molecule has 1 amide bonds. The molecule has 4 aromatic rings. The molecule has 46 heavy (non-hydrogen) atoms. The van der Waals surface area contributed by atoms with Crippen LogP contribution in [0.1, 0.15) is 54.6 Å². The number of rotatable bonds is 12. The molecule has 1 aliphatic rings. The van der Waals surface area contributed by atoms with Gasteiger partial charge in [-0.15, -0.1) is 6.42 Å². The Hall–Kier alpha value is -4.44. The Morgan fingerprint density at radius 3 is 2.26 bits per heavy atom. The maximum absolute atomic E-state index is 13.7. The van der Waals surface area contributed by atoms with Gasteiger partial charge in [0.15, 0.2) is 41.3 Å². The van der Waals surface area contributed by atoms with Crippen molar-refractivity contribution in [2.45, 2.75) is 57.8 Å². The minimum Gasteiger partial charge on any atom is -0.450 e. The first kappa shape index (κ1) is 32.9. The summed E-state index contributed by atoms with van der Waals surface area (Å²) in [5.41, 5.74) is -0.521. The molecule has 1 fully saturated rings. The average molecular weight is 648 g/mol. The first-order valence-corrected chi connectivity index (χ1v) is 16.3. The van der Waals surface area contributed by atoms with Gasteiger partial charge in [0.05, 0.1) is 30.7 Å². The van der Waals surface area contributed by atoms with E-state index in [-0.39, 0.29) is 29.2 Å². The van der Waals surface area contributed by atoms with Crippen molar-refractivity contribution in [1.29, 1.82) is 0 Å². The Morgan fingerprint density at radius 1 is 1.02 bits per heavy atom. The van der Waals surface area contributed by atoms with E-state index in [9.17, 15) is 14.2 Å². The van der Waals surface area contributed by atoms with Crippen molar-refractivity contribution in [3.63, 3.8) is 0 Å². The number of carbonyl (C=O) groups is 2. The van der Waals surface area contributed by atoms with E-state index in [1.54, 1.807) is 88.4 Å². The molecule has 14 heteroatoms. The van der Waals surface area contributed by atoms with Gasteiger partial charge in [-0.3, -0.25) is 13.9 Å². The molecule has 0 spiro atoms. The topological polar surface area (TPSA) is 153 Å². The highest BCUT2D eigenvalue weighted by atomic mass is 31.2. The third-order valence-electron chi connectivity index (χ3n) is 6.80.